The average molecular weight is 369 g/mol. The first kappa shape index (κ1) is 18.3. The average Bonchev–Trinajstić information content (AvgIpc) is 3.15. The van der Waals surface area contributed by atoms with E-state index in [1.54, 1.807) is 0 Å². The first-order chi connectivity index (χ1) is 13.1. The molecule has 5 heteroatoms. The summed E-state index contributed by atoms with van der Waals surface area (Å²) >= 11 is 0. The predicted molar refractivity (Wildman–Crippen MR) is 105 cm³/mol. The monoisotopic (exact) mass is 369 g/mol. The SMILES string of the molecule is CCOc1ccc(NC(=O)C2(C)COC3(CCCC3)OC2)c2ccccc12. The lowest BCUT2D eigenvalue weighted by atomic mass is 9.89. The summed E-state index contributed by atoms with van der Waals surface area (Å²) < 4.78 is 17.8. The molecule has 2 aromatic rings. The van der Waals surface area contributed by atoms with E-state index >= 15 is 0 Å². The highest BCUT2D eigenvalue weighted by molar-refractivity contribution is 6.05. The number of carbonyl (C=O) groups is 1. The Balaban J connectivity index is 1.54. The number of carbonyl (C=O) groups excluding carboxylic acids is 1. The maximum absolute atomic E-state index is 13.0. The number of rotatable bonds is 4. The van der Waals surface area contributed by atoms with Gasteiger partial charge in [0, 0.05) is 29.3 Å². The Bertz CT molecular complexity index is 831. The number of hydrogen-bond donors (Lipinski definition) is 1. The van der Waals surface area contributed by atoms with Crippen molar-refractivity contribution in [2.24, 2.45) is 5.41 Å². The van der Waals surface area contributed by atoms with Crippen LogP contribution < -0.4 is 10.1 Å². The summed E-state index contributed by atoms with van der Waals surface area (Å²) in [7, 11) is 0. The quantitative estimate of drug-likeness (QED) is 0.862. The second-order valence-corrected chi connectivity index (χ2v) is 7.80. The second kappa shape index (κ2) is 7.13. The van der Waals surface area contributed by atoms with Crippen molar-refractivity contribution in [3.05, 3.63) is 36.4 Å². The topological polar surface area (TPSA) is 56.8 Å². The van der Waals surface area contributed by atoms with Gasteiger partial charge < -0.3 is 19.5 Å². The molecule has 5 nitrogen and oxygen atoms in total. The molecule has 1 amide bonds. The normalized spacial score (nSPS) is 20.7. The van der Waals surface area contributed by atoms with Crippen LogP contribution in [0.4, 0.5) is 5.69 Å². The highest BCUT2D eigenvalue weighted by Crippen LogP contribution is 2.41. The zero-order chi connectivity index (χ0) is 18.9. The smallest absolute Gasteiger partial charge is 0.235 e. The Morgan fingerprint density at radius 2 is 1.74 bits per heavy atom. The van der Waals surface area contributed by atoms with Crippen LogP contribution in [0.3, 0.4) is 0 Å². The molecule has 0 unspecified atom stereocenters. The fraction of sp³-hybridized carbons (Fsp3) is 0.500. The predicted octanol–water partition coefficient (Wildman–Crippen LogP) is 4.50. The van der Waals surface area contributed by atoms with E-state index in [9.17, 15) is 4.79 Å². The van der Waals surface area contributed by atoms with E-state index in [1.807, 2.05) is 50.2 Å². The minimum Gasteiger partial charge on any atom is -0.493 e. The van der Waals surface area contributed by atoms with E-state index in [4.69, 9.17) is 14.2 Å². The van der Waals surface area contributed by atoms with Gasteiger partial charge in [0.25, 0.3) is 0 Å². The first-order valence-electron chi connectivity index (χ1n) is 9.79. The van der Waals surface area contributed by atoms with Gasteiger partial charge >= 0.3 is 0 Å². The lowest BCUT2D eigenvalue weighted by molar-refractivity contribution is -0.291. The van der Waals surface area contributed by atoms with Gasteiger partial charge in [0.05, 0.1) is 25.2 Å². The van der Waals surface area contributed by atoms with Crippen LogP contribution in [0.15, 0.2) is 36.4 Å². The maximum Gasteiger partial charge on any atom is 0.235 e. The van der Waals surface area contributed by atoms with E-state index in [1.165, 1.54) is 0 Å². The lowest BCUT2D eigenvalue weighted by Crippen LogP contribution is -2.52. The van der Waals surface area contributed by atoms with Crippen LogP contribution >= 0.6 is 0 Å². The fourth-order valence-corrected chi connectivity index (χ4v) is 3.93. The second-order valence-electron chi connectivity index (χ2n) is 7.80. The van der Waals surface area contributed by atoms with Gasteiger partial charge in [-0.2, -0.15) is 0 Å². The minimum absolute atomic E-state index is 0.0790. The molecule has 1 spiro atoms. The van der Waals surface area contributed by atoms with Crippen LogP contribution in [0.5, 0.6) is 5.75 Å². The summed E-state index contributed by atoms with van der Waals surface area (Å²) in [6.45, 7) is 5.23. The molecule has 1 heterocycles. The number of hydrogen-bond acceptors (Lipinski definition) is 4. The van der Waals surface area contributed by atoms with Crippen molar-refractivity contribution in [3.63, 3.8) is 0 Å². The summed E-state index contributed by atoms with van der Waals surface area (Å²) in [5.74, 6) is 0.292. The first-order valence-corrected chi connectivity index (χ1v) is 9.79. The Kier molecular flexibility index (Phi) is 4.82. The fourth-order valence-electron chi connectivity index (χ4n) is 3.93. The highest BCUT2D eigenvalue weighted by Gasteiger charge is 2.47. The van der Waals surface area contributed by atoms with Crippen molar-refractivity contribution in [1.82, 2.24) is 0 Å². The van der Waals surface area contributed by atoms with Crippen LogP contribution in [0, 0.1) is 5.41 Å². The summed E-state index contributed by atoms with van der Waals surface area (Å²) in [5.41, 5.74) is 0.0782. The molecule has 0 aromatic heterocycles. The van der Waals surface area contributed by atoms with Crippen molar-refractivity contribution in [2.75, 3.05) is 25.1 Å². The zero-order valence-corrected chi connectivity index (χ0v) is 16.0. The van der Waals surface area contributed by atoms with Gasteiger partial charge in [-0.1, -0.05) is 24.3 Å². The summed E-state index contributed by atoms with van der Waals surface area (Å²) in [6, 6.07) is 11.8. The van der Waals surface area contributed by atoms with Crippen LogP contribution in [0.1, 0.15) is 39.5 Å². The zero-order valence-electron chi connectivity index (χ0n) is 16.0. The van der Waals surface area contributed by atoms with Gasteiger partial charge in [0.1, 0.15) is 5.75 Å². The van der Waals surface area contributed by atoms with Gasteiger partial charge in [0.15, 0.2) is 5.79 Å². The van der Waals surface area contributed by atoms with E-state index in [-0.39, 0.29) is 5.91 Å². The molecule has 144 valence electrons. The number of amides is 1. The number of nitrogens with one attached hydrogen (secondary N) is 1. The molecule has 0 atom stereocenters. The van der Waals surface area contributed by atoms with E-state index in [0.29, 0.717) is 19.8 Å². The number of ether oxygens (including phenoxy) is 3. The molecule has 1 N–H and O–H groups in total. The molecular formula is C22H27NO4. The van der Waals surface area contributed by atoms with Crippen molar-refractivity contribution in [1.29, 1.82) is 0 Å². The molecule has 27 heavy (non-hydrogen) atoms. The molecule has 4 rings (SSSR count). The van der Waals surface area contributed by atoms with Crippen molar-refractivity contribution >= 4 is 22.4 Å². The molecule has 1 saturated carbocycles. The molecule has 2 aromatic carbocycles. The lowest BCUT2D eigenvalue weighted by Gasteiger charge is -2.42. The minimum atomic E-state index is -0.701. The van der Waals surface area contributed by atoms with Gasteiger partial charge in [-0.25, -0.2) is 0 Å². The Morgan fingerprint density at radius 3 is 2.41 bits per heavy atom. The van der Waals surface area contributed by atoms with E-state index in [0.717, 1.165) is 47.9 Å². The van der Waals surface area contributed by atoms with Crippen LogP contribution in [-0.4, -0.2) is 31.5 Å². The Morgan fingerprint density at radius 1 is 1.07 bits per heavy atom. The molecule has 1 saturated heterocycles. The number of anilines is 1. The molecular weight excluding hydrogens is 342 g/mol. The van der Waals surface area contributed by atoms with Gasteiger partial charge in [0.2, 0.25) is 5.91 Å². The number of fused-ring (bicyclic) bond motifs is 1. The molecule has 1 aliphatic carbocycles. The van der Waals surface area contributed by atoms with Crippen molar-refractivity contribution < 1.29 is 19.0 Å². The van der Waals surface area contributed by atoms with Gasteiger partial charge in [-0.15, -0.1) is 0 Å². The summed E-state index contributed by atoms with van der Waals surface area (Å²) in [5, 5.41) is 5.04. The number of benzene rings is 2. The van der Waals surface area contributed by atoms with Gasteiger partial charge in [-0.05, 0) is 38.8 Å². The Labute approximate surface area is 160 Å². The van der Waals surface area contributed by atoms with Crippen molar-refractivity contribution in [2.45, 2.75) is 45.3 Å². The van der Waals surface area contributed by atoms with Crippen LogP contribution in [0.2, 0.25) is 0 Å². The third-order valence-electron chi connectivity index (χ3n) is 5.65. The molecule has 0 radical (unpaired) electrons. The summed E-state index contributed by atoms with van der Waals surface area (Å²) in [4.78, 5) is 13.0. The largest absolute Gasteiger partial charge is 0.493 e. The molecule has 1 aliphatic heterocycles. The third kappa shape index (κ3) is 3.42. The van der Waals surface area contributed by atoms with E-state index in [2.05, 4.69) is 5.32 Å². The standard InChI is InChI=1S/C22H27NO4/c1-3-25-19-11-10-18(16-8-4-5-9-17(16)19)23-20(24)21(2)14-26-22(27-15-21)12-6-7-13-22/h4-5,8-11H,3,6-7,12-15H2,1-2H3,(H,23,24). The third-order valence-corrected chi connectivity index (χ3v) is 5.65. The molecule has 0 bridgehead atoms. The molecule has 2 fully saturated rings. The summed E-state index contributed by atoms with van der Waals surface area (Å²) in [6.07, 6.45) is 4.10. The maximum atomic E-state index is 13.0. The molecule has 2 aliphatic rings. The van der Waals surface area contributed by atoms with E-state index < -0.39 is 11.2 Å². The van der Waals surface area contributed by atoms with Gasteiger partial charge in [-0.3, -0.25) is 4.79 Å². The highest BCUT2D eigenvalue weighted by atomic mass is 16.7. The van der Waals surface area contributed by atoms with Crippen molar-refractivity contribution in [3.8, 4) is 5.75 Å². The van der Waals surface area contributed by atoms with Crippen LogP contribution in [-0.2, 0) is 14.3 Å². The van der Waals surface area contributed by atoms with Crippen LogP contribution in [0.25, 0.3) is 10.8 Å². The Hall–Kier alpha value is -2.11.